The van der Waals surface area contributed by atoms with Gasteiger partial charge in [-0.2, -0.15) is 5.10 Å². The molecule has 1 aliphatic rings. The predicted molar refractivity (Wildman–Crippen MR) is 84.0 cm³/mol. The van der Waals surface area contributed by atoms with Crippen LogP contribution in [0, 0.1) is 5.92 Å². The average molecular weight is 320 g/mol. The van der Waals surface area contributed by atoms with E-state index in [1.54, 1.807) is 19.5 Å². The van der Waals surface area contributed by atoms with Crippen LogP contribution in [0.1, 0.15) is 5.56 Å². The Morgan fingerprint density at radius 2 is 2.18 bits per heavy atom. The first-order valence-corrected chi connectivity index (χ1v) is 7.61. The van der Waals surface area contributed by atoms with E-state index in [0.717, 1.165) is 30.9 Å². The van der Waals surface area contributed by atoms with Crippen LogP contribution in [0.2, 0.25) is 5.02 Å². The number of hydrogen-bond donors (Lipinski definition) is 0. The molecule has 0 N–H and O–H groups in total. The number of methoxy groups -OCH3 is 1. The normalized spacial score (nSPS) is 14.7. The smallest absolute Gasteiger partial charge is 0.227 e. The third-order valence-corrected chi connectivity index (χ3v) is 4.09. The van der Waals surface area contributed by atoms with Crippen molar-refractivity contribution < 1.29 is 9.53 Å². The lowest BCUT2D eigenvalue weighted by Crippen LogP contribution is -2.51. The zero-order valence-electron chi connectivity index (χ0n) is 12.4. The van der Waals surface area contributed by atoms with Crippen LogP contribution in [-0.4, -0.2) is 40.8 Å². The first kappa shape index (κ1) is 14.9. The van der Waals surface area contributed by atoms with Gasteiger partial charge in [-0.3, -0.25) is 9.48 Å². The first-order chi connectivity index (χ1) is 10.7. The van der Waals surface area contributed by atoms with Crippen molar-refractivity contribution in [1.29, 1.82) is 0 Å². The van der Waals surface area contributed by atoms with Crippen molar-refractivity contribution in [2.75, 3.05) is 20.2 Å². The van der Waals surface area contributed by atoms with Gasteiger partial charge in [-0.15, -0.1) is 0 Å². The SMILES string of the molecule is COc1ccccc1CC(=O)N1CC(Cn2cc(Cl)cn2)C1. The minimum absolute atomic E-state index is 0.138. The molecule has 1 aliphatic heterocycles. The van der Waals surface area contributed by atoms with Gasteiger partial charge in [-0.1, -0.05) is 29.8 Å². The highest BCUT2D eigenvalue weighted by molar-refractivity contribution is 6.30. The lowest BCUT2D eigenvalue weighted by Gasteiger charge is -2.39. The summed E-state index contributed by atoms with van der Waals surface area (Å²) in [4.78, 5) is 14.2. The van der Waals surface area contributed by atoms with Crippen molar-refractivity contribution in [2.24, 2.45) is 5.92 Å². The summed E-state index contributed by atoms with van der Waals surface area (Å²) in [7, 11) is 1.62. The molecular formula is C16H18ClN3O2. The molecule has 1 amide bonds. The van der Waals surface area contributed by atoms with E-state index in [4.69, 9.17) is 16.3 Å². The zero-order chi connectivity index (χ0) is 15.5. The van der Waals surface area contributed by atoms with Gasteiger partial charge in [0.05, 0.1) is 24.8 Å². The standard InChI is InChI=1S/C16H18ClN3O2/c1-22-15-5-3-2-4-13(15)6-16(21)19-8-12(9-19)10-20-11-14(17)7-18-20/h2-5,7,11-12H,6,8-10H2,1H3. The summed E-state index contributed by atoms with van der Waals surface area (Å²) >= 11 is 5.84. The largest absolute Gasteiger partial charge is 0.496 e. The summed E-state index contributed by atoms with van der Waals surface area (Å²) in [6, 6.07) is 7.63. The highest BCUT2D eigenvalue weighted by Gasteiger charge is 2.31. The summed E-state index contributed by atoms with van der Waals surface area (Å²) in [5, 5.41) is 4.80. The van der Waals surface area contributed by atoms with Gasteiger partial charge in [0.1, 0.15) is 5.75 Å². The van der Waals surface area contributed by atoms with Crippen molar-refractivity contribution in [2.45, 2.75) is 13.0 Å². The fraction of sp³-hybridized carbons (Fsp3) is 0.375. The summed E-state index contributed by atoms with van der Waals surface area (Å²) < 4.78 is 7.11. The fourth-order valence-electron chi connectivity index (χ4n) is 2.72. The molecular weight excluding hydrogens is 302 g/mol. The van der Waals surface area contributed by atoms with Crippen molar-refractivity contribution in [1.82, 2.24) is 14.7 Å². The number of nitrogens with zero attached hydrogens (tertiary/aromatic N) is 3. The van der Waals surface area contributed by atoms with Gasteiger partial charge in [-0.05, 0) is 6.07 Å². The van der Waals surface area contributed by atoms with E-state index in [2.05, 4.69) is 5.10 Å². The number of hydrogen-bond acceptors (Lipinski definition) is 3. The van der Waals surface area contributed by atoms with E-state index in [1.807, 2.05) is 33.8 Å². The molecule has 1 saturated heterocycles. The number of rotatable bonds is 5. The molecule has 0 aliphatic carbocycles. The topological polar surface area (TPSA) is 47.4 Å². The Bertz CT molecular complexity index is 665. The third-order valence-electron chi connectivity index (χ3n) is 3.89. The number of benzene rings is 1. The predicted octanol–water partition coefficient (Wildman–Crippen LogP) is 2.25. The van der Waals surface area contributed by atoms with E-state index in [-0.39, 0.29) is 5.91 Å². The van der Waals surface area contributed by atoms with Crippen LogP contribution in [-0.2, 0) is 17.8 Å². The van der Waals surface area contributed by atoms with Gasteiger partial charge in [0.15, 0.2) is 0 Å². The molecule has 1 aromatic heterocycles. The van der Waals surface area contributed by atoms with Gasteiger partial charge in [-0.25, -0.2) is 0 Å². The van der Waals surface area contributed by atoms with Gasteiger partial charge in [0.25, 0.3) is 0 Å². The Morgan fingerprint density at radius 1 is 1.41 bits per heavy atom. The molecule has 0 bridgehead atoms. The van der Waals surface area contributed by atoms with E-state index >= 15 is 0 Å². The lowest BCUT2D eigenvalue weighted by molar-refractivity contribution is -0.137. The number of halogens is 1. The van der Waals surface area contributed by atoms with Gasteiger partial charge in [0, 0.05) is 37.3 Å². The van der Waals surface area contributed by atoms with Crippen molar-refractivity contribution in [3.05, 3.63) is 47.2 Å². The Balaban J connectivity index is 1.51. The highest BCUT2D eigenvalue weighted by atomic mass is 35.5. The number of likely N-dealkylation sites (tertiary alicyclic amines) is 1. The molecule has 0 unspecified atom stereocenters. The summed E-state index contributed by atoms with van der Waals surface area (Å²) in [5.41, 5.74) is 0.928. The van der Waals surface area contributed by atoms with Crippen LogP contribution in [0.4, 0.5) is 0 Å². The quantitative estimate of drug-likeness (QED) is 0.849. The van der Waals surface area contributed by atoms with Crippen LogP contribution < -0.4 is 4.74 Å². The third kappa shape index (κ3) is 3.25. The van der Waals surface area contributed by atoms with Crippen LogP contribution in [0.15, 0.2) is 36.7 Å². The Hall–Kier alpha value is -2.01. The van der Waals surface area contributed by atoms with Crippen LogP contribution >= 0.6 is 11.6 Å². The van der Waals surface area contributed by atoms with Crippen molar-refractivity contribution >= 4 is 17.5 Å². The first-order valence-electron chi connectivity index (χ1n) is 7.23. The van der Waals surface area contributed by atoms with E-state index in [1.165, 1.54) is 0 Å². The molecule has 2 heterocycles. The Morgan fingerprint density at radius 3 is 2.86 bits per heavy atom. The minimum Gasteiger partial charge on any atom is -0.496 e. The summed E-state index contributed by atoms with van der Waals surface area (Å²) in [6.45, 7) is 2.34. The molecule has 2 aromatic rings. The molecule has 0 radical (unpaired) electrons. The maximum absolute atomic E-state index is 12.3. The minimum atomic E-state index is 0.138. The number of aromatic nitrogens is 2. The monoisotopic (exact) mass is 319 g/mol. The van der Waals surface area contributed by atoms with Crippen molar-refractivity contribution in [3.63, 3.8) is 0 Å². The fourth-order valence-corrected chi connectivity index (χ4v) is 2.87. The molecule has 116 valence electrons. The number of carbonyl (C=O) groups is 1. The van der Waals surface area contributed by atoms with E-state index in [9.17, 15) is 4.79 Å². The van der Waals surface area contributed by atoms with Gasteiger partial charge in [0.2, 0.25) is 5.91 Å². The summed E-state index contributed by atoms with van der Waals surface area (Å²) in [6.07, 6.45) is 3.82. The Kier molecular flexibility index (Phi) is 4.34. The van der Waals surface area contributed by atoms with Crippen LogP contribution in [0.25, 0.3) is 0 Å². The van der Waals surface area contributed by atoms with Gasteiger partial charge >= 0.3 is 0 Å². The maximum Gasteiger partial charge on any atom is 0.227 e. The molecule has 0 spiro atoms. The molecule has 1 aromatic carbocycles. The second-order valence-corrected chi connectivity index (χ2v) is 5.97. The second kappa shape index (κ2) is 6.40. The average Bonchev–Trinajstić information content (AvgIpc) is 2.88. The highest BCUT2D eigenvalue weighted by Crippen LogP contribution is 2.22. The second-order valence-electron chi connectivity index (χ2n) is 5.53. The molecule has 6 heteroatoms. The van der Waals surface area contributed by atoms with Crippen LogP contribution in [0.3, 0.4) is 0 Å². The van der Waals surface area contributed by atoms with E-state index in [0.29, 0.717) is 17.4 Å². The maximum atomic E-state index is 12.3. The molecule has 0 saturated carbocycles. The summed E-state index contributed by atoms with van der Waals surface area (Å²) in [5.74, 6) is 1.34. The molecule has 22 heavy (non-hydrogen) atoms. The van der Waals surface area contributed by atoms with Crippen molar-refractivity contribution in [3.8, 4) is 5.75 Å². The number of amides is 1. The Labute approximate surface area is 134 Å². The number of carbonyl (C=O) groups excluding carboxylic acids is 1. The molecule has 0 atom stereocenters. The lowest BCUT2D eigenvalue weighted by atomic mass is 9.98. The zero-order valence-corrected chi connectivity index (χ0v) is 13.2. The van der Waals surface area contributed by atoms with Gasteiger partial charge < -0.3 is 9.64 Å². The molecule has 3 rings (SSSR count). The number of para-hydroxylation sites is 1. The molecule has 5 nitrogen and oxygen atoms in total. The van der Waals surface area contributed by atoms with E-state index < -0.39 is 0 Å². The van der Waals surface area contributed by atoms with Crippen LogP contribution in [0.5, 0.6) is 5.75 Å². The molecule has 1 fully saturated rings. The number of ether oxygens (including phenoxy) is 1.